The maximum Gasteiger partial charge on any atom is 0.297 e. The first kappa shape index (κ1) is 57.7. The fourth-order valence-corrected chi connectivity index (χ4v) is 7.33. The maximum atomic E-state index is 12.9. The Kier molecular flexibility index (Phi) is 36.7. The van der Waals surface area contributed by atoms with E-state index in [0.29, 0.717) is 26.0 Å². The molecule has 1 aliphatic rings. The monoisotopic (exact) mass is 945 g/mol. The first-order valence-electron chi connectivity index (χ1n) is 22.4. The van der Waals surface area contributed by atoms with E-state index in [4.69, 9.17) is 15.2 Å². The quantitative estimate of drug-likeness (QED) is 0.0312. The summed E-state index contributed by atoms with van der Waals surface area (Å²) >= 11 is 1.02. The Hall–Kier alpha value is -5.34. The molecule has 0 aromatic rings. The molecule has 1 aliphatic heterocycles. The molecule has 1 saturated heterocycles. The van der Waals surface area contributed by atoms with E-state index in [0.717, 1.165) is 56.7 Å². The predicted octanol–water partition coefficient (Wildman–Crippen LogP) is 8.83. The second-order valence-corrected chi connectivity index (χ2v) is 15.9. The van der Waals surface area contributed by atoms with Crippen molar-refractivity contribution in [2.75, 3.05) is 25.5 Å². The van der Waals surface area contributed by atoms with E-state index in [-0.39, 0.29) is 43.7 Å². The van der Waals surface area contributed by atoms with Gasteiger partial charge in [-0.25, -0.2) is 0 Å². The van der Waals surface area contributed by atoms with Gasteiger partial charge in [0, 0.05) is 73.3 Å². The van der Waals surface area contributed by atoms with E-state index in [1.54, 1.807) is 6.92 Å². The lowest BCUT2D eigenvalue weighted by Crippen LogP contribution is -2.58. The molecule has 8 atom stereocenters. The molecule has 0 bridgehead atoms. The number of aliphatic hydroxyl groups excluding tert-OH is 5. The highest BCUT2D eigenvalue weighted by Gasteiger charge is 2.44. The zero-order chi connectivity index (χ0) is 47.4. The van der Waals surface area contributed by atoms with Gasteiger partial charge in [-0.2, -0.15) is 0 Å². The van der Waals surface area contributed by atoms with Crippen molar-refractivity contribution in [1.29, 1.82) is 0 Å². The van der Waals surface area contributed by atoms with Crippen LogP contribution in [0.3, 0.4) is 0 Å². The lowest BCUT2D eigenvalue weighted by atomic mass is 9.99. The van der Waals surface area contributed by atoms with Crippen LogP contribution in [0.4, 0.5) is 0 Å². The summed E-state index contributed by atoms with van der Waals surface area (Å²) in [6, 6.07) is -1.02. The van der Waals surface area contributed by atoms with Gasteiger partial charge >= 0.3 is 0 Å². The smallest absolute Gasteiger partial charge is 0.297 e. The third-order valence-electron chi connectivity index (χ3n) is 9.60. The summed E-state index contributed by atoms with van der Waals surface area (Å²) in [5.74, 6) is 54.1. The van der Waals surface area contributed by atoms with E-state index in [1.807, 2.05) is 0 Å². The van der Waals surface area contributed by atoms with Crippen molar-refractivity contribution in [3.63, 3.8) is 0 Å². The SMILES string of the molecule is CC#CC#CC#CC#CC#CC#CC#CC#CC#CC#CC#CC(=O)N[C@@H](CSC1OC(COCCCCCCN)C(O)C(O)C1O)[C@H](O)[C@H](O)CCCCCCCCCCCCCC.[HH].[HH].[HH].[HH].[HH].[HH].[HH].[HH].[HH].[HH].[HH].[HH].[HH].[HH].[HH].[HH].[HH].[HH].[HH].[HH].[HH].[HH]. The summed E-state index contributed by atoms with van der Waals surface area (Å²) < 4.78 is 11.7. The van der Waals surface area contributed by atoms with Crippen LogP contribution < -0.4 is 11.1 Å². The number of aliphatic hydroxyl groups is 5. The molecule has 65 heavy (non-hydrogen) atoms. The molecule has 10 nitrogen and oxygen atoms in total. The van der Waals surface area contributed by atoms with Crippen molar-refractivity contribution < 1.29 is 71.2 Å². The van der Waals surface area contributed by atoms with E-state index in [2.05, 4.69) is 142 Å². The van der Waals surface area contributed by atoms with Gasteiger partial charge in [-0.3, -0.25) is 4.79 Å². The third kappa shape index (κ3) is 31.2. The number of amides is 1. The van der Waals surface area contributed by atoms with Crippen molar-refractivity contribution >= 4 is 17.7 Å². The molecule has 1 amide bonds. The van der Waals surface area contributed by atoms with Gasteiger partial charge in [-0.1, -0.05) is 103 Å². The van der Waals surface area contributed by atoms with Gasteiger partial charge in [0.25, 0.3) is 5.91 Å². The first-order chi connectivity index (χ1) is 31.8. The maximum absolute atomic E-state index is 12.9. The van der Waals surface area contributed by atoms with Crippen molar-refractivity contribution in [3.8, 4) is 130 Å². The Bertz CT molecular complexity index is 2200. The molecule has 388 valence electrons. The Labute approximate surface area is 426 Å². The molecule has 8 N–H and O–H groups in total. The molecule has 1 fully saturated rings. The van der Waals surface area contributed by atoms with E-state index in [1.165, 1.54) is 51.4 Å². The molecule has 1 rings (SSSR count). The second-order valence-electron chi connectivity index (χ2n) is 14.8. The van der Waals surface area contributed by atoms with Crippen LogP contribution in [0.25, 0.3) is 0 Å². The molecule has 0 aromatic carbocycles. The Morgan fingerprint density at radius 1 is 0.631 bits per heavy atom. The van der Waals surface area contributed by atoms with Gasteiger partial charge in [-0.05, 0) is 127 Å². The molecular formula is C54H108N2O8S. The number of hydrogen-bond donors (Lipinski definition) is 7. The van der Waals surface area contributed by atoms with Gasteiger partial charge < -0.3 is 46.1 Å². The van der Waals surface area contributed by atoms with E-state index < -0.39 is 54.0 Å². The molecule has 0 saturated carbocycles. The van der Waals surface area contributed by atoms with Crippen molar-refractivity contribution in [2.45, 2.75) is 171 Å². The van der Waals surface area contributed by atoms with E-state index in [9.17, 15) is 30.3 Å². The fraction of sp³-hybridized carbons (Fsp3) is 0.574. The second kappa shape index (κ2) is 41.4. The Morgan fingerprint density at radius 3 is 1.57 bits per heavy atom. The molecule has 0 spiro atoms. The zero-order valence-corrected chi connectivity index (χ0v) is 38.7. The minimum absolute atomic E-state index is 0. The minimum atomic E-state index is -1.52. The summed E-state index contributed by atoms with van der Waals surface area (Å²) in [5, 5.41) is 56.9. The highest BCUT2D eigenvalue weighted by Crippen LogP contribution is 2.30. The largest absolute Gasteiger partial charge is 0.390 e. The summed E-state index contributed by atoms with van der Waals surface area (Å²) in [6.07, 6.45) is 10.1. The van der Waals surface area contributed by atoms with Crippen LogP contribution in [0.15, 0.2) is 0 Å². The van der Waals surface area contributed by atoms with Crippen molar-refractivity contribution in [1.82, 2.24) is 5.32 Å². The summed E-state index contributed by atoms with van der Waals surface area (Å²) in [5.41, 5.74) is 4.51. The van der Waals surface area contributed by atoms with Crippen LogP contribution in [-0.4, -0.2) is 105 Å². The number of nitrogens with one attached hydrogen (secondary N) is 1. The highest BCUT2D eigenvalue weighted by atomic mass is 32.2. The molecular weight excluding hydrogens is 837 g/mol. The fourth-order valence-electron chi connectivity index (χ4n) is 6.07. The average Bonchev–Trinajstić information content (AvgIpc) is 3.30. The molecule has 11 heteroatoms. The lowest BCUT2D eigenvalue weighted by Gasteiger charge is -2.40. The zero-order valence-electron chi connectivity index (χ0n) is 37.9. The van der Waals surface area contributed by atoms with Crippen molar-refractivity contribution in [3.05, 3.63) is 0 Å². The van der Waals surface area contributed by atoms with Gasteiger partial charge in [0.1, 0.15) is 36.0 Å². The van der Waals surface area contributed by atoms with Crippen LogP contribution in [0.2, 0.25) is 0 Å². The number of thioether (sulfide) groups is 1. The first-order valence-corrected chi connectivity index (χ1v) is 23.5. The molecule has 0 aliphatic carbocycles. The summed E-state index contributed by atoms with van der Waals surface area (Å²) in [4.78, 5) is 12.9. The molecule has 5 unspecified atom stereocenters. The van der Waals surface area contributed by atoms with Crippen LogP contribution in [0, 0.1) is 130 Å². The normalized spacial score (nSPS) is 17.6. The number of carbonyl (C=O) groups excluding carboxylic acids is 1. The van der Waals surface area contributed by atoms with Gasteiger partial charge in [0.2, 0.25) is 0 Å². The number of ether oxygens (including phenoxy) is 2. The number of carbonyl (C=O) groups is 1. The average molecular weight is 946 g/mol. The van der Waals surface area contributed by atoms with Gasteiger partial charge in [-0.15, -0.1) is 11.8 Å². The van der Waals surface area contributed by atoms with Crippen LogP contribution in [0.1, 0.15) is 154 Å². The number of rotatable bonds is 27. The van der Waals surface area contributed by atoms with Crippen molar-refractivity contribution in [2.24, 2.45) is 5.73 Å². The summed E-state index contributed by atoms with van der Waals surface area (Å²) in [6.45, 7) is 4.97. The van der Waals surface area contributed by atoms with Crippen LogP contribution in [0.5, 0.6) is 0 Å². The standard InChI is InChI=1S/C54H64N2O8S.22H2/c1-3-5-7-9-11-13-15-17-18-19-20-21-22-23-24-25-27-29-31-33-37-41-49(58)56-46(50(59)47(57)40-36-32-30-28-26-16-14-12-10-8-6-4-2)45-65-54-53(62)52(61)51(60)48(64-54)44-63-43-39-35-34-38-42-55;;;;;;;;;;;;;;;;;;;;;;/h46-48,50-54,57,59-62H,4,6,8,10,12,14,16,26,28,30,32,34-36,38-40,42-45,55H2,1-2H3,(H,56,58);22*1H/t46-,47+,48?,50-,51?,52?,53?,54?;;;;;;;;;;;;;;;;;;;;;;/m0....................../s1. The van der Waals surface area contributed by atoms with E-state index >= 15 is 0 Å². The Balaban J connectivity index is -0.0000000960. The number of unbranched alkanes of at least 4 members (excludes halogenated alkanes) is 14. The molecule has 1 heterocycles. The van der Waals surface area contributed by atoms with Gasteiger partial charge in [0.15, 0.2) is 0 Å². The molecule has 0 aromatic heterocycles. The molecule has 0 radical (unpaired) electrons. The third-order valence-corrected chi connectivity index (χ3v) is 10.9. The minimum Gasteiger partial charge on any atom is -0.390 e. The number of nitrogens with two attached hydrogens (primary N) is 1. The topological polar surface area (TPSA) is 175 Å². The highest BCUT2D eigenvalue weighted by molar-refractivity contribution is 7.99. The van der Waals surface area contributed by atoms with Crippen LogP contribution >= 0.6 is 11.8 Å². The summed E-state index contributed by atoms with van der Waals surface area (Å²) in [7, 11) is 0. The predicted molar refractivity (Wildman–Crippen MR) is 305 cm³/mol. The van der Waals surface area contributed by atoms with Crippen LogP contribution in [-0.2, 0) is 14.3 Å². The number of hydrogen-bond acceptors (Lipinski definition) is 10. The Morgan fingerprint density at radius 2 is 1.08 bits per heavy atom. The lowest BCUT2D eigenvalue weighted by molar-refractivity contribution is -0.209. The van der Waals surface area contributed by atoms with Gasteiger partial charge in [0.05, 0.1) is 18.8 Å².